The van der Waals surface area contributed by atoms with Gasteiger partial charge in [0.05, 0.1) is 11.3 Å². The monoisotopic (exact) mass is 356 g/mol. The maximum atomic E-state index is 12.3. The van der Waals surface area contributed by atoms with E-state index in [1.807, 2.05) is 6.07 Å². The Morgan fingerprint density at radius 1 is 1.42 bits per heavy atom. The lowest BCUT2D eigenvalue weighted by molar-refractivity contribution is 0.102. The van der Waals surface area contributed by atoms with Crippen LogP contribution in [0.5, 0.6) is 0 Å². The van der Waals surface area contributed by atoms with Crippen molar-refractivity contribution in [3.05, 3.63) is 57.7 Å². The van der Waals surface area contributed by atoms with Gasteiger partial charge in [0, 0.05) is 16.3 Å². The molecule has 3 nitrogen and oxygen atoms in total. The number of fused-ring (bicyclic) bond motifs is 1. The molecule has 1 unspecified atom stereocenters. The van der Waals surface area contributed by atoms with Crippen LogP contribution in [0, 0.1) is 17.2 Å². The lowest BCUT2D eigenvalue weighted by Crippen LogP contribution is -2.14. The number of carbonyl (C=O) groups is 1. The standard InChI is InChI=1S/C19H17ClN2OS/c1-12-2-7-17-14(8-12)9-15(10-21)19(22-17)24-11-18(23)13-3-5-16(20)6-4-13/h3-6,9,12H,2,7-8,11H2,1H3. The molecule has 1 heterocycles. The van der Waals surface area contributed by atoms with E-state index in [-0.39, 0.29) is 11.5 Å². The van der Waals surface area contributed by atoms with Crippen molar-refractivity contribution in [1.82, 2.24) is 4.98 Å². The summed E-state index contributed by atoms with van der Waals surface area (Å²) in [6.07, 6.45) is 3.05. The summed E-state index contributed by atoms with van der Waals surface area (Å²) < 4.78 is 0. The zero-order chi connectivity index (χ0) is 17.1. The van der Waals surface area contributed by atoms with Crippen LogP contribution in [0.3, 0.4) is 0 Å². The fourth-order valence-corrected chi connectivity index (χ4v) is 3.87. The van der Waals surface area contributed by atoms with Gasteiger partial charge in [0.2, 0.25) is 0 Å². The summed E-state index contributed by atoms with van der Waals surface area (Å²) in [4.78, 5) is 17.0. The van der Waals surface area contributed by atoms with Crippen molar-refractivity contribution in [2.45, 2.75) is 31.2 Å². The van der Waals surface area contributed by atoms with Crippen LogP contribution in [-0.2, 0) is 12.8 Å². The van der Waals surface area contributed by atoms with Crippen molar-refractivity contribution in [2.24, 2.45) is 5.92 Å². The lowest BCUT2D eigenvalue weighted by atomic mass is 9.87. The molecule has 1 aliphatic rings. The largest absolute Gasteiger partial charge is 0.293 e. The quantitative estimate of drug-likeness (QED) is 0.588. The van der Waals surface area contributed by atoms with Crippen LogP contribution < -0.4 is 0 Å². The third-order valence-electron chi connectivity index (χ3n) is 4.23. The van der Waals surface area contributed by atoms with Gasteiger partial charge >= 0.3 is 0 Å². The van der Waals surface area contributed by atoms with Gasteiger partial charge in [-0.3, -0.25) is 4.79 Å². The summed E-state index contributed by atoms with van der Waals surface area (Å²) in [7, 11) is 0. The number of pyridine rings is 1. The minimum Gasteiger partial charge on any atom is -0.293 e. The van der Waals surface area contributed by atoms with Crippen molar-refractivity contribution in [2.75, 3.05) is 5.75 Å². The number of rotatable bonds is 4. The first-order valence-corrected chi connectivity index (χ1v) is 9.27. The molecule has 0 N–H and O–H groups in total. The van der Waals surface area contributed by atoms with Crippen LogP contribution in [0.15, 0.2) is 35.4 Å². The topological polar surface area (TPSA) is 53.8 Å². The number of thioether (sulfide) groups is 1. The highest BCUT2D eigenvalue weighted by molar-refractivity contribution is 8.00. The molecule has 1 aromatic heterocycles. The summed E-state index contributed by atoms with van der Waals surface area (Å²) >= 11 is 7.18. The highest BCUT2D eigenvalue weighted by Crippen LogP contribution is 2.29. The Labute approximate surface area is 151 Å². The van der Waals surface area contributed by atoms with Gasteiger partial charge in [-0.25, -0.2) is 4.98 Å². The first-order chi connectivity index (χ1) is 11.6. The zero-order valence-corrected chi connectivity index (χ0v) is 15.0. The van der Waals surface area contributed by atoms with E-state index >= 15 is 0 Å². The van der Waals surface area contributed by atoms with E-state index in [0.717, 1.165) is 25.0 Å². The molecular weight excluding hydrogens is 340 g/mol. The molecule has 1 atom stereocenters. The van der Waals surface area contributed by atoms with Crippen molar-refractivity contribution in [3.8, 4) is 6.07 Å². The molecule has 0 bridgehead atoms. The number of aryl methyl sites for hydroxylation is 1. The molecule has 2 aromatic rings. The molecule has 1 aliphatic carbocycles. The molecule has 0 fully saturated rings. The van der Waals surface area contributed by atoms with Gasteiger partial charge in [-0.15, -0.1) is 0 Å². The summed E-state index contributed by atoms with van der Waals surface area (Å²) in [5.74, 6) is 0.905. The maximum Gasteiger partial charge on any atom is 0.173 e. The number of Topliss-reactive ketones (excluding diaryl/α,β-unsaturated/α-hetero) is 1. The predicted molar refractivity (Wildman–Crippen MR) is 96.6 cm³/mol. The van der Waals surface area contributed by atoms with Crippen LogP contribution in [0.4, 0.5) is 0 Å². The zero-order valence-electron chi connectivity index (χ0n) is 13.4. The summed E-state index contributed by atoms with van der Waals surface area (Å²) in [6.45, 7) is 2.22. The normalized spacial score (nSPS) is 16.3. The highest BCUT2D eigenvalue weighted by Gasteiger charge is 2.20. The Morgan fingerprint density at radius 2 is 2.17 bits per heavy atom. The number of nitrogens with zero attached hydrogens (tertiary/aromatic N) is 2. The number of halogens is 1. The molecule has 0 amide bonds. The Bertz CT molecular complexity index is 811. The van der Waals surface area contributed by atoms with Gasteiger partial charge in [-0.05, 0) is 61.1 Å². The van der Waals surface area contributed by atoms with Gasteiger partial charge in [0.1, 0.15) is 11.1 Å². The van der Waals surface area contributed by atoms with E-state index in [2.05, 4.69) is 18.0 Å². The van der Waals surface area contributed by atoms with Crippen molar-refractivity contribution < 1.29 is 4.79 Å². The Kier molecular flexibility index (Phi) is 5.23. The number of aromatic nitrogens is 1. The van der Waals surface area contributed by atoms with Crippen molar-refractivity contribution in [3.63, 3.8) is 0 Å². The van der Waals surface area contributed by atoms with E-state index in [4.69, 9.17) is 11.6 Å². The van der Waals surface area contributed by atoms with Gasteiger partial charge in [-0.2, -0.15) is 5.26 Å². The van der Waals surface area contributed by atoms with Gasteiger partial charge in [0.15, 0.2) is 5.78 Å². The number of hydrogen-bond acceptors (Lipinski definition) is 4. The minimum absolute atomic E-state index is 0.00805. The second-order valence-corrected chi connectivity index (χ2v) is 7.53. The predicted octanol–water partition coefficient (Wildman–Crippen LogP) is 4.71. The second kappa shape index (κ2) is 7.38. The van der Waals surface area contributed by atoms with Crippen LogP contribution in [0.1, 0.15) is 40.5 Å². The number of nitriles is 1. The SMILES string of the molecule is CC1CCc2nc(SCC(=O)c3ccc(Cl)cc3)c(C#N)cc2C1. The molecule has 0 radical (unpaired) electrons. The maximum absolute atomic E-state index is 12.3. The van der Waals surface area contributed by atoms with Crippen LogP contribution in [-0.4, -0.2) is 16.5 Å². The highest BCUT2D eigenvalue weighted by atomic mass is 35.5. The van der Waals surface area contributed by atoms with Crippen LogP contribution in [0.2, 0.25) is 5.02 Å². The molecule has 122 valence electrons. The second-order valence-electron chi connectivity index (χ2n) is 6.13. The molecule has 0 saturated heterocycles. The fourth-order valence-electron chi connectivity index (χ4n) is 2.87. The van der Waals surface area contributed by atoms with E-state index in [1.54, 1.807) is 24.3 Å². The number of carbonyl (C=O) groups excluding carboxylic acids is 1. The van der Waals surface area contributed by atoms with Gasteiger partial charge in [-0.1, -0.05) is 30.3 Å². The van der Waals surface area contributed by atoms with Gasteiger partial charge < -0.3 is 0 Å². The minimum atomic E-state index is 0.00805. The van der Waals surface area contributed by atoms with Crippen LogP contribution in [0.25, 0.3) is 0 Å². The van der Waals surface area contributed by atoms with Crippen LogP contribution >= 0.6 is 23.4 Å². The van der Waals surface area contributed by atoms with Crippen molar-refractivity contribution >= 4 is 29.1 Å². The molecule has 3 rings (SSSR count). The first-order valence-electron chi connectivity index (χ1n) is 7.91. The van der Waals surface area contributed by atoms with E-state index in [0.29, 0.717) is 27.1 Å². The number of hydrogen-bond donors (Lipinski definition) is 0. The molecule has 24 heavy (non-hydrogen) atoms. The van der Waals surface area contributed by atoms with E-state index in [9.17, 15) is 10.1 Å². The summed E-state index contributed by atoms with van der Waals surface area (Å²) in [5, 5.41) is 10.7. The average Bonchev–Trinajstić information content (AvgIpc) is 2.59. The fraction of sp³-hybridized carbons (Fsp3) is 0.316. The third kappa shape index (κ3) is 3.80. The molecule has 0 aliphatic heterocycles. The smallest absolute Gasteiger partial charge is 0.173 e. The Morgan fingerprint density at radius 3 is 2.88 bits per heavy atom. The average molecular weight is 357 g/mol. The Balaban J connectivity index is 1.76. The summed E-state index contributed by atoms with van der Waals surface area (Å²) in [6, 6.07) is 11.0. The van der Waals surface area contributed by atoms with E-state index in [1.165, 1.54) is 17.3 Å². The molecule has 1 aromatic carbocycles. The van der Waals surface area contributed by atoms with E-state index < -0.39 is 0 Å². The Hall–Kier alpha value is -1.83. The number of ketones is 1. The third-order valence-corrected chi connectivity index (χ3v) is 5.47. The lowest BCUT2D eigenvalue weighted by Gasteiger charge is -2.21. The first kappa shape index (κ1) is 17.0. The van der Waals surface area contributed by atoms with Crippen molar-refractivity contribution in [1.29, 1.82) is 5.26 Å². The summed E-state index contributed by atoms with van der Waals surface area (Å²) in [5.41, 5.74) is 3.45. The molecule has 0 spiro atoms. The van der Waals surface area contributed by atoms with Gasteiger partial charge in [0.25, 0.3) is 0 Å². The molecule has 0 saturated carbocycles. The molecular formula is C19H17ClN2OS. The molecule has 5 heteroatoms. The number of benzene rings is 1.